The highest BCUT2D eigenvalue weighted by molar-refractivity contribution is 7.98. The summed E-state index contributed by atoms with van der Waals surface area (Å²) in [4.78, 5) is 7.99. The third kappa shape index (κ3) is 4.63. The van der Waals surface area contributed by atoms with Crippen molar-refractivity contribution in [3.63, 3.8) is 0 Å². The van der Waals surface area contributed by atoms with Crippen molar-refractivity contribution in [2.75, 3.05) is 11.9 Å². The zero-order valence-electron chi connectivity index (χ0n) is 11.3. The molecule has 2 aromatic heterocycles. The van der Waals surface area contributed by atoms with E-state index in [1.54, 1.807) is 6.20 Å². The molecule has 0 saturated carbocycles. The fourth-order valence-electron chi connectivity index (χ4n) is 1.63. The first-order valence-electron chi connectivity index (χ1n) is 6.34. The van der Waals surface area contributed by atoms with E-state index in [1.807, 2.05) is 19.1 Å². The molecule has 2 heterocycles. The van der Waals surface area contributed by atoms with Gasteiger partial charge >= 0.3 is 6.18 Å². The number of alkyl halides is 3. The molecule has 0 saturated heterocycles. The number of nitrogens with one attached hydrogen (secondary N) is 1. The lowest BCUT2D eigenvalue weighted by Crippen LogP contribution is -2.05. The van der Waals surface area contributed by atoms with Crippen molar-refractivity contribution >= 4 is 17.6 Å². The van der Waals surface area contributed by atoms with Crippen LogP contribution >= 0.6 is 11.8 Å². The molecule has 0 spiro atoms. The van der Waals surface area contributed by atoms with Crippen LogP contribution in [0.1, 0.15) is 18.1 Å². The van der Waals surface area contributed by atoms with Gasteiger partial charge in [0.25, 0.3) is 0 Å². The number of nitrogens with zero attached hydrogens (tertiary/aromatic N) is 2. The van der Waals surface area contributed by atoms with Gasteiger partial charge in [0.2, 0.25) is 0 Å². The van der Waals surface area contributed by atoms with E-state index < -0.39 is 11.7 Å². The lowest BCUT2D eigenvalue weighted by molar-refractivity contribution is -0.137. The third-order valence-electron chi connectivity index (χ3n) is 2.63. The van der Waals surface area contributed by atoms with Crippen LogP contribution in [0.25, 0.3) is 0 Å². The van der Waals surface area contributed by atoms with Gasteiger partial charge in [0, 0.05) is 24.7 Å². The number of anilines is 1. The molecular weight excluding hydrogens is 299 g/mol. The van der Waals surface area contributed by atoms with Crippen molar-refractivity contribution in [2.45, 2.75) is 23.9 Å². The fraction of sp³-hybridized carbons (Fsp3) is 0.286. The first-order valence-corrected chi connectivity index (χ1v) is 7.32. The maximum absolute atomic E-state index is 12.4. The van der Waals surface area contributed by atoms with Crippen molar-refractivity contribution in [1.29, 1.82) is 0 Å². The van der Waals surface area contributed by atoms with E-state index in [0.29, 0.717) is 10.8 Å². The Labute approximate surface area is 125 Å². The van der Waals surface area contributed by atoms with Crippen LogP contribution in [0.5, 0.6) is 0 Å². The molecule has 0 bridgehead atoms. The highest BCUT2D eigenvalue weighted by Gasteiger charge is 2.30. The van der Waals surface area contributed by atoms with Crippen LogP contribution in [0, 0.1) is 0 Å². The number of halogens is 3. The van der Waals surface area contributed by atoms with Gasteiger partial charge in [-0.3, -0.25) is 0 Å². The highest BCUT2D eigenvalue weighted by atomic mass is 32.2. The van der Waals surface area contributed by atoms with Crippen LogP contribution < -0.4 is 5.32 Å². The zero-order chi connectivity index (χ0) is 15.3. The minimum absolute atomic E-state index is 0.560. The largest absolute Gasteiger partial charge is 0.417 e. The predicted octanol–water partition coefficient (Wildman–Crippen LogP) is 4.22. The summed E-state index contributed by atoms with van der Waals surface area (Å²) in [6, 6.07) is 6.23. The number of pyridine rings is 2. The van der Waals surface area contributed by atoms with Crippen LogP contribution in [0.3, 0.4) is 0 Å². The summed E-state index contributed by atoms with van der Waals surface area (Å²) in [6.07, 6.45) is -1.78. The second-order valence-corrected chi connectivity index (χ2v) is 5.25. The van der Waals surface area contributed by atoms with Gasteiger partial charge in [0.15, 0.2) is 0 Å². The van der Waals surface area contributed by atoms with Gasteiger partial charge in [-0.15, -0.1) is 11.8 Å². The Kier molecular flexibility index (Phi) is 5.06. The van der Waals surface area contributed by atoms with E-state index in [0.717, 1.165) is 30.2 Å². The predicted molar refractivity (Wildman–Crippen MR) is 77.2 cm³/mol. The van der Waals surface area contributed by atoms with Crippen LogP contribution in [0.15, 0.2) is 41.7 Å². The van der Waals surface area contributed by atoms with Gasteiger partial charge in [-0.2, -0.15) is 13.2 Å². The number of aromatic nitrogens is 2. The van der Waals surface area contributed by atoms with E-state index in [4.69, 9.17) is 0 Å². The Morgan fingerprint density at radius 3 is 2.62 bits per heavy atom. The Hall–Kier alpha value is -1.76. The van der Waals surface area contributed by atoms with Gasteiger partial charge in [0.1, 0.15) is 5.82 Å². The molecule has 0 fully saturated rings. The van der Waals surface area contributed by atoms with E-state index in [-0.39, 0.29) is 0 Å². The number of hydrogen-bond acceptors (Lipinski definition) is 4. The SMILES string of the molecule is CCNc1cc(CSc2ccc(C(F)(F)F)cn2)ccn1. The molecule has 0 aromatic carbocycles. The number of rotatable bonds is 5. The summed E-state index contributed by atoms with van der Waals surface area (Å²) in [5, 5.41) is 3.67. The topological polar surface area (TPSA) is 37.8 Å². The lowest BCUT2D eigenvalue weighted by Gasteiger charge is -2.07. The van der Waals surface area contributed by atoms with Gasteiger partial charge in [0.05, 0.1) is 10.6 Å². The van der Waals surface area contributed by atoms with Crippen molar-refractivity contribution in [1.82, 2.24) is 9.97 Å². The molecule has 3 nitrogen and oxygen atoms in total. The molecule has 0 radical (unpaired) electrons. The molecule has 1 N–H and O–H groups in total. The Morgan fingerprint density at radius 2 is 2.00 bits per heavy atom. The molecule has 0 aliphatic heterocycles. The summed E-state index contributed by atoms with van der Waals surface area (Å²) in [5.41, 5.74) is 0.304. The van der Waals surface area contributed by atoms with Gasteiger partial charge in [-0.1, -0.05) is 0 Å². The Morgan fingerprint density at radius 1 is 1.19 bits per heavy atom. The van der Waals surface area contributed by atoms with Crippen molar-refractivity contribution in [3.05, 3.63) is 47.8 Å². The molecule has 0 unspecified atom stereocenters. The van der Waals surface area contributed by atoms with Crippen molar-refractivity contribution < 1.29 is 13.2 Å². The second kappa shape index (κ2) is 6.80. The molecule has 21 heavy (non-hydrogen) atoms. The standard InChI is InChI=1S/C14H14F3N3S/c1-2-18-12-7-10(5-6-19-12)9-21-13-4-3-11(8-20-13)14(15,16)17/h3-8H,2,9H2,1H3,(H,18,19). The fourth-order valence-corrected chi connectivity index (χ4v) is 2.42. The highest BCUT2D eigenvalue weighted by Crippen LogP contribution is 2.30. The second-order valence-electron chi connectivity index (χ2n) is 4.25. The summed E-state index contributed by atoms with van der Waals surface area (Å²) in [5.74, 6) is 1.41. The van der Waals surface area contributed by atoms with Crippen molar-refractivity contribution in [3.8, 4) is 0 Å². The summed E-state index contributed by atoms with van der Waals surface area (Å²) >= 11 is 1.39. The molecule has 112 valence electrons. The van der Waals surface area contributed by atoms with Crippen molar-refractivity contribution in [2.24, 2.45) is 0 Å². The van der Waals surface area contributed by atoms with E-state index in [9.17, 15) is 13.2 Å². The maximum atomic E-state index is 12.4. The van der Waals surface area contributed by atoms with Crippen LogP contribution in [-0.2, 0) is 11.9 Å². The third-order valence-corrected chi connectivity index (χ3v) is 3.65. The zero-order valence-corrected chi connectivity index (χ0v) is 12.1. The van der Waals surface area contributed by atoms with E-state index in [1.165, 1.54) is 17.8 Å². The molecule has 7 heteroatoms. The van der Waals surface area contributed by atoms with Crippen LogP contribution in [0.4, 0.5) is 19.0 Å². The normalized spacial score (nSPS) is 11.4. The summed E-state index contributed by atoms with van der Waals surface area (Å²) in [7, 11) is 0. The van der Waals surface area contributed by atoms with Gasteiger partial charge < -0.3 is 5.32 Å². The van der Waals surface area contributed by atoms with E-state index >= 15 is 0 Å². The smallest absolute Gasteiger partial charge is 0.370 e. The minimum Gasteiger partial charge on any atom is -0.370 e. The molecular formula is C14H14F3N3S. The number of thioether (sulfide) groups is 1. The Balaban J connectivity index is 1.98. The summed E-state index contributed by atoms with van der Waals surface area (Å²) in [6.45, 7) is 2.76. The molecule has 0 aliphatic carbocycles. The molecule has 0 atom stereocenters. The molecule has 0 aliphatic rings. The lowest BCUT2D eigenvalue weighted by atomic mass is 10.3. The van der Waals surface area contributed by atoms with Crippen LogP contribution in [0.2, 0.25) is 0 Å². The van der Waals surface area contributed by atoms with Crippen LogP contribution in [-0.4, -0.2) is 16.5 Å². The van der Waals surface area contributed by atoms with E-state index in [2.05, 4.69) is 15.3 Å². The quantitative estimate of drug-likeness (QED) is 0.839. The van der Waals surface area contributed by atoms with Gasteiger partial charge in [-0.05, 0) is 36.8 Å². The average molecular weight is 313 g/mol. The summed E-state index contributed by atoms with van der Waals surface area (Å²) < 4.78 is 37.3. The van der Waals surface area contributed by atoms with Gasteiger partial charge in [-0.25, -0.2) is 9.97 Å². The first kappa shape index (κ1) is 15.6. The molecule has 0 amide bonds. The maximum Gasteiger partial charge on any atom is 0.417 e. The molecule has 2 rings (SSSR count). The first-order chi connectivity index (χ1) is 9.99. The minimum atomic E-state index is -4.35. The monoisotopic (exact) mass is 313 g/mol. The average Bonchev–Trinajstić information content (AvgIpc) is 2.45. The number of hydrogen-bond donors (Lipinski definition) is 1. The molecule has 2 aromatic rings. The Bertz CT molecular complexity index is 585.